The third-order valence-electron chi connectivity index (χ3n) is 5.40. The van der Waals surface area contributed by atoms with E-state index in [0.29, 0.717) is 0 Å². The summed E-state index contributed by atoms with van der Waals surface area (Å²) >= 11 is 0. The van der Waals surface area contributed by atoms with Crippen molar-refractivity contribution in [3.05, 3.63) is 66.2 Å². The zero-order chi connectivity index (χ0) is 22.5. The minimum atomic E-state index is -1.12. The average molecular weight is 472 g/mol. The molecule has 0 bridgehead atoms. The molecule has 3 nitrogen and oxygen atoms in total. The van der Waals surface area contributed by atoms with Crippen LogP contribution in [-0.2, 0) is 17.1 Å². The topological polar surface area (TPSA) is 46.1 Å². The second-order valence-corrected chi connectivity index (χ2v) is 8.07. The van der Waals surface area contributed by atoms with Crippen molar-refractivity contribution < 1.29 is 31.8 Å². The molecule has 1 aliphatic rings. The van der Waals surface area contributed by atoms with Gasteiger partial charge in [-0.3, -0.25) is 0 Å². The van der Waals surface area contributed by atoms with E-state index in [2.05, 4.69) is 27.7 Å². The normalized spacial score (nSPS) is 11.8. The van der Waals surface area contributed by atoms with Gasteiger partial charge in [-0.1, -0.05) is 77.7 Å². The predicted molar refractivity (Wildman–Crippen MR) is 127 cm³/mol. The molecule has 0 aliphatic heterocycles. The molecule has 0 heterocycles. The summed E-state index contributed by atoms with van der Waals surface area (Å²) in [5.41, 5.74) is 0.241. The summed E-state index contributed by atoms with van der Waals surface area (Å²) < 4.78 is 1.42. The molecule has 1 aromatic rings. The van der Waals surface area contributed by atoms with Crippen molar-refractivity contribution in [2.45, 2.75) is 79.1 Å². The first-order valence-corrected chi connectivity index (χ1v) is 12.0. The fraction of sp³-hybridized carbons (Fsp3) is 0.593. The molecule has 2 rings (SSSR count). The molecule has 0 aromatic heterocycles. The van der Waals surface area contributed by atoms with Crippen LogP contribution < -0.4 is 10.2 Å². The molecular weight excluding hydrogens is 426 g/mol. The largest absolute Gasteiger partial charge is 2.00 e. The molecular formula is C27H45FeNO2. The van der Waals surface area contributed by atoms with Gasteiger partial charge in [-0.2, -0.15) is 24.1 Å². The van der Waals surface area contributed by atoms with E-state index < -0.39 is 5.95 Å². The van der Waals surface area contributed by atoms with Gasteiger partial charge in [-0.05, 0) is 31.3 Å². The number of hydrogen-bond acceptors (Lipinski definition) is 2. The second kappa shape index (κ2) is 21.9. The van der Waals surface area contributed by atoms with Crippen LogP contribution in [0.5, 0.6) is 0 Å². The Morgan fingerprint density at radius 2 is 1.06 bits per heavy atom. The van der Waals surface area contributed by atoms with Crippen LogP contribution in [0.15, 0.2) is 66.2 Å². The van der Waals surface area contributed by atoms with Gasteiger partial charge < -0.3 is 14.7 Å². The monoisotopic (exact) mass is 471 g/mol. The van der Waals surface area contributed by atoms with Gasteiger partial charge in [0.1, 0.15) is 0 Å². The summed E-state index contributed by atoms with van der Waals surface area (Å²) in [7, 11) is 0. The van der Waals surface area contributed by atoms with E-state index in [1.165, 1.54) is 94.2 Å². The molecule has 0 atom stereocenters. The molecule has 4 heteroatoms. The second-order valence-electron chi connectivity index (χ2n) is 8.07. The van der Waals surface area contributed by atoms with E-state index in [1.54, 1.807) is 12.2 Å². The number of rotatable bonds is 12. The number of nitrogens with zero attached hydrogens (tertiary/aromatic N) is 1. The van der Waals surface area contributed by atoms with E-state index in [-0.39, 0.29) is 22.6 Å². The van der Waals surface area contributed by atoms with Crippen LogP contribution >= 0.6 is 0 Å². The quantitative estimate of drug-likeness (QED) is 0.176. The summed E-state index contributed by atoms with van der Waals surface area (Å²) in [6.45, 7) is 15.0. The van der Waals surface area contributed by atoms with Gasteiger partial charge in [0, 0.05) is 0 Å². The van der Waals surface area contributed by atoms with Crippen molar-refractivity contribution in [1.29, 1.82) is 0 Å². The zero-order valence-electron chi connectivity index (χ0n) is 20.3. The molecule has 0 fully saturated rings. The maximum atomic E-state index is 9.95. The van der Waals surface area contributed by atoms with Crippen LogP contribution in [0.3, 0.4) is 0 Å². The number of hydrogen-bond donors (Lipinski definition) is 0. The first-order chi connectivity index (χ1) is 14.5. The Kier molecular flexibility index (Phi) is 22.5. The Labute approximate surface area is 203 Å². The maximum absolute atomic E-state index is 9.95. The third kappa shape index (κ3) is 16.9. The molecule has 0 unspecified atom stereocenters. The van der Waals surface area contributed by atoms with E-state index in [1.807, 2.05) is 30.3 Å². The van der Waals surface area contributed by atoms with Crippen LogP contribution in [0.2, 0.25) is 0 Å². The van der Waals surface area contributed by atoms with Crippen molar-refractivity contribution >= 4 is 0 Å². The Balaban J connectivity index is 0. The minimum Gasteiger partial charge on any atom is -0.884 e. The van der Waals surface area contributed by atoms with Gasteiger partial charge in [0.05, 0.1) is 26.2 Å². The smallest absolute Gasteiger partial charge is 0.884 e. The first kappa shape index (κ1) is 31.8. The molecule has 0 spiro atoms. The Morgan fingerprint density at radius 3 is 1.26 bits per heavy atom. The van der Waals surface area contributed by atoms with Crippen molar-refractivity contribution in [3.63, 3.8) is 0 Å². The van der Waals surface area contributed by atoms with Crippen LogP contribution in [0, 0.1) is 0 Å². The SMILES string of the molecule is CCCC[N+](CCCC)(CCCC)CCCC.[Fe+2].[O-]C([O-])=C1C=CC=C1.c1cc[cH-]c1. The fourth-order valence-electron chi connectivity index (χ4n) is 3.48. The van der Waals surface area contributed by atoms with Crippen molar-refractivity contribution in [2.24, 2.45) is 0 Å². The number of quaternary nitrogens is 1. The fourth-order valence-corrected chi connectivity index (χ4v) is 3.48. The van der Waals surface area contributed by atoms with E-state index in [0.717, 1.165) is 0 Å². The summed E-state index contributed by atoms with van der Waals surface area (Å²) in [6, 6.07) is 10.0. The standard InChI is InChI=1S/C16H36N.C6H6O2.C5H5.Fe/c1-5-9-13-17(14-10-6-2,15-11-7-3)16-12-8-4;7-6(8)5-3-1-2-4-5;1-2-4-5-3-1;/h5-16H2,1-4H3;1-4,7-8H;1-5H;/q+1;;-1;+2/p-2. The summed E-state index contributed by atoms with van der Waals surface area (Å²) in [6.07, 6.45) is 17.4. The first-order valence-electron chi connectivity index (χ1n) is 12.0. The Morgan fingerprint density at radius 1 is 0.710 bits per heavy atom. The number of unbranched alkanes of at least 4 members (excludes halogenated alkanes) is 4. The van der Waals surface area contributed by atoms with E-state index in [9.17, 15) is 10.2 Å². The van der Waals surface area contributed by atoms with E-state index in [4.69, 9.17) is 0 Å². The molecule has 0 saturated carbocycles. The molecule has 31 heavy (non-hydrogen) atoms. The van der Waals surface area contributed by atoms with Gasteiger partial charge in [0.15, 0.2) is 0 Å². The minimum absolute atomic E-state index is 0. The van der Waals surface area contributed by atoms with Gasteiger partial charge in [-0.15, -0.1) is 0 Å². The zero-order valence-corrected chi connectivity index (χ0v) is 21.4. The molecule has 178 valence electrons. The van der Waals surface area contributed by atoms with Gasteiger partial charge in [-0.25, -0.2) is 12.1 Å². The maximum Gasteiger partial charge on any atom is 2.00 e. The summed E-state index contributed by atoms with van der Waals surface area (Å²) in [5, 5.41) is 19.9. The van der Waals surface area contributed by atoms with Crippen LogP contribution in [-0.4, -0.2) is 30.7 Å². The van der Waals surface area contributed by atoms with Crippen LogP contribution in [0.25, 0.3) is 0 Å². The number of allylic oxidation sites excluding steroid dienone is 5. The average Bonchev–Trinajstić information content (AvgIpc) is 3.50. The molecule has 0 saturated heterocycles. The summed E-state index contributed by atoms with van der Waals surface area (Å²) in [5.74, 6) is -1.12. The molecule has 0 radical (unpaired) electrons. The molecule has 1 aliphatic carbocycles. The third-order valence-corrected chi connectivity index (χ3v) is 5.40. The van der Waals surface area contributed by atoms with Gasteiger partial charge in [0.25, 0.3) is 0 Å². The molecule has 0 N–H and O–H groups in total. The van der Waals surface area contributed by atoms with Gasteiger partial charge >= 0.3 is 17.1 Å². The Hall–Kier alpha value is -1.35. The van der Waals surface area contributed by atoms with Crippen molar-refractivity contribution in [1.82, 2.24) is 0 Å². The Bertz CT molecular complexity index is 503. The van der Waals surface area contributed by atoms with Crippen molar-refractivity contribution in [3.8, 4) is 0 Å². The van der Waals surface area contributed by atoms with Crippen LogP contribution in [0.1, 0.15) is 79.1 Å². The predicted octanol–water partition coefficient (Wildman–Crippen LogP) is 5.45. The van der Waals surface area contributed by atoms with Crippen LogP contribution in [0.4, 0.5) is 0 Å². The molecule has 0 amide bonds. The van der Waals surface area contributed by atoms with Crippen molar-refractivity contribution in [2.75, 3.05) is 26.2 Å². The van der Waals surface area contributed by atoms with E-state index >= 15 is 0 Å². The molecule has 1 aromatic carbocycles. The van der Waals surface area contributed by atoms with Gasteiger partial charge in [0.2, 0.25) is 0 Å². The summed E-state index contributed by atoms with van der Waals surface area (Å²) in [4.78, 5) is 0.